The number of nitrogens with zero attached hydrogens (tertiary/aromatic N) is 4. The lowest BCUT2D eigenvalue weighted by atomic mass is 9.98. The van der Waals surface area contributed by atoms with E-state index < -0.39 is 0 Å². The maximum atomic E-state index is 13.4. The number of benzene rings is 1. The number of anilines is 1. The largest absolute Gasteiger partial charge is 0.508 e. The van der Waals surface area contributed by atoms with Crippen LogP contribution < -0.4 is 4.90 Å². The first kappa shape index (κ1) is 18.7. The van der Waals surface area contributed by atoms with Crippen LogP contribution in [0.1, 0.15) is 49.5 Å². The predicted octanol–water partition coefficient (Wildman–Crippen LogP) is 3.56. The summed E-state index contributed by atoms with van der Waals surface area (Å²) < 4.78 is 1.86. The first-order valence-electron chi connectivity index (χ1n) is 8.87. The predicted molar refractivity (Wildman–Crippen MR) is 104 cm³/mol. The number of amides is 1. The molecule has 2 N–H and O–H groups in total. The van der Waals surface area contributed by atoms with Crippen molar-refractivity contribution in [2.24, 2.45) is 7.05 Å². The average molecular weight is 368 g/mol. The van der Waals surface area contributed by atoms with Crippen molar-refractivity contribution in [3.8, 4) is 11.5 Å². The SMILES string of the molecule is CC(C)c1cc(C(=O)N(c2ncnc3c2ccn3C)C(C)C)c(O)cc1O. The molecule has 7 nitrogen and oxygen atoms in total. The summed E-state index contributed by atoms with van der Waals surface area (Å²) in [5.41, 5.74) is 1.46. The quantitative estimate of drug-likeness (QED) is 0.735. The standard InChI is InChI=1S/C20H24N4O3/c1-11(2)14-8-15(17(26)9-16(14)25)20(27)24(12(3)4)19-13-6-7-23(5)18(13)21-10-22-19/h6-12,25-26H,1-5H3. The van der Waals surface area contributed by atoms with E-state index in [9.17, 15) is 15.0 Å². The van der Waals surface area contributed by atoms with Gasteiger partial charge in [0, 0.05) is 25.4 Å². The van der Waals surface area contributed by atoms with Gasteiger partial charge in [-0.3, -0.25) is 9.69 Å². The van der Waals surface area contributed by atoms with Crippen LogP contribution in [0.4, 0.5) is 5.82 Å². The maximum Gasteiger partial charge on any atom is 0.263 e. The summed E-state index contributed by atoms with van der Waals surface area (Å²) in [6.45, 7) is 7.60. The molecule has 0 spiro atoms. The second-order valence-electron chi connectivity index (χ2n) is 7.21. The molecule has 3 aromatic rings. The lowest BCUT2D eigenvalue weighted by molar-refractivity contribution is 0.0977. The van der Waals surface area contributed by atoms with Gasteiger partial charge in [0.1, 0.15) is 29.3 Å². The molecule has 0 aliphatic heterocycles. The summed E-state index contributed by atoms with van der Waals surface area (Å²) in [5.74, 6) is -0.175. The van der Waals surface area contributed by atoms with Crippen LogP contribution in [0.5, 0.6) is 11.5 Å². The second kappa shape index (κ2) is 6.90. The Morgan fingerprint density at radius 1 is 1.11 bits per heavy atom. The van der Waals surface area contributed by atoms with Crippen molar-refractivity contribution >= 4 is 22.8 Å². The van der Waals surface area contributed by atoms with Gasteiger partial charge in [-0.1, -0.05) is 13.8 Å². The topological polar surface area (TPSA) is 91.5 Å². The molecule has 0 radical (unpaired) electrons. The minimum Gasteiger partial charge on any atom is -0.508 e. The number of carbonyl (C=O) groups excluding carboxylic acids is 1. The number of fused-ring (bicyclic) bond motifs is 1. The molecular formula is C20H24N4O3. The van der Waals surface area contributed by atoms with Crippen LogP contribution in [0, 0.1) is 0 Å². The zero-order valence-corrected chi connectivity index (χ0v) is 16.1. The molecule has 0 atom stereocenters. The summed E-state index contributed by atoms with van der Waals surface area (Å²) in [4.78, 5) is 23.5. The van der Waals surface area contributed by atoms with E-state index in [4.69, 9.17) is 0 Å². The van der Waals surface area contributed by atoms with Crippen LogP contribution in [0.3, 0.4) is 0 Å². The van der Waals surface area contributed by atoms with E-state index in [0.29, 0.717) is 11.4 Å². The molecule has 0 aliphatic rings. The van der Waals surface area contributed by atoms with E-state index in [2.05, 4.69) is 9.97 Å². The molecule has 0 unspecified atom stereocenters. The highest BCUT2D eigenvalue weighted by atomic mass is 16.3. The Morgan fingerprint density at radius 2 is 1.81 bits per heavy atom. The number of hydrogen-bond donors (Lipinski definition) is 2. The van der Waals surface area contributed by atoms with E-state index in [0.717, 1.165) is 11.0 Å². The third kappa shape index (κ3) is 3.20. The summed E-state index contributed by atoms with van der Waals surface area (Å²) in [6, 6.07) is 4.44. The highest BCUT2D eigenvalue weighted by Gasteiger charge is 2.27. The first-order chi connectivity index (χ1) is 12.7. The third-order valence-electron chi connectivity index (χ3n) is 4.60. The fraction of sp³-hybridized carbons (Fsp3) is 0.350. The molecule has 1 aromatic carbocycles. The van der Waals surface area contributed by atoms with E-state index >= 15 is 0 Å². The monoisotopic (exact) mass is 368 g/mol. The van der Waals surface area contributed by atoms with Gasteiger partial charge in [-0.25, -0.2) is 9.97 Å². The van der Waals surface area contributed by atoms with E-state index in [1.54, 1.807) is 11.0 Å². The number of phenolic OH excluding ortho intramolecular Hbond substituents is 2. The zero-order chi connectivity index (χ0) is 19.9. The lowest BCUT2D eigenvalue weighted by Gasteiger charge is -2.27. The van der Waals surface area contributed by atoms with Crippen molar-refractivity contribution in [2.75, 3.05) is 4.90 Å². The van der Waals surface area contributed by atoms with Crippen LogP contribution in [-0.2, 0) is 7.05 Å². The van der Waals surface area contributed by atoms with E-state index in [1.165, 1.54) is 12.4 Å². The summed E-state index contributed by atoms with van der Waals surface area (Å²) in [7, 11) is 1.88. The Balaban J connectivity index is 2.16. The van der Waals surface area contributed by atoms with Crippen LogP contribution >= 0.6 is 0 Å². The summed E-state index contributed by atoms with van der Waals surface area (Å²) in [6.07, 6.45) is 3.29. The van der Waals surface area contributed by atoms with Gasteiger partial charge < -0.3 is 14.8 Å². The molecule has 142 valence electrons. The average Bonchev–Trinajstić information content (AvgIpc) is 2.96. The minimum atomic E-state index is -0.381. The van der Waals surface area contributed by atoms with Crippen molar-refractivity contribution in [3.63, 3.8) is 0 Å². The number of carbonyl (C=O) groups is 1. The molecule has 2 heterocycles. The zero-order valence-electron chi connectivity index (χ0n) is 16.1. The molecule has 1 amide bonds. The number of aromatic nitrogens is 3. The Morgan fingerprint density at radius 3 is 2.44 bits per heavy atom. The number of hydrogen-bond acceptors (Lipinski definition) is 5. The summed E-state index contributed by atoms with van der Waals surface area (Å²) >= 11 is 0. The first-order valence-corrected chi connectivity index (χ1v) is 8.87. The van der Waals surface area contributed by atoms with Crippen molar-refractivity contribution < 1.29 is 15.0 Å². The molecule has 0 fully saturated rings. The van der Waals surface area contributed by atoms with Crippen molar-refractivity contribution in [1.82, 2.24) is 14.5 Å². The molecule has 0 bridgehead atoms. The van der Waals surface area contributed by atoms with Crippen molar-refractivity contribution in [2.45, 2.75) is 39.7 Å². The van der Waals surface area contributed by atoms with Gasteiger partial charge in [-0.05, 0) is 37.5 Å². The summed E-state index contributed by atoms with van der Waals surface area (Å²) in [5, 5.41) is 21.1. The molecule has 0 saturated heterocycles. The maximum absolute atomic E-state index is 13.4. The van der Waals surface area contributed by atoms with Crippen LogP contribution in [0.2, 0.25) is 0 Å². The molecule has 2 aromatic heterocycles. The van der Waals surface area contributed by atoms with Gasteiger partial charge in [-0.15, -0.1) is 0 Å². The Hall–Kier alpha value is -3.09. The van der Waals surface area contributed by atoms with Gasteiger partial charge in [0.05, 0.1) is 10.9 Å². The molecule has 0 aliphatic carbocycles. The van der Waals surface area contributed by atoms with Gasteiger partial charge in [0.2, 0.25) is 0 Å². The third-order valence-corrected chi connectivity index (χ3v) is 4.60. The number of phenols is 2. The van der Waals surface area contributed by atoms with Gasteiger partial charge >= 0.3 is 0 Å². The Labute approximate surface area is 157 Å². The van der Waals surface area contributed by atoms with Crippen LogP contribution in [0.15, 0.2) is 30.7 Å². The molecule has 0 saturated carbocycles. The normalized spacial score (nSPS) is 11.5. The molecule has 3 rings (SSSR count). The van der Waals surface area contributed by atoms with Crippen molar-refractivity contribution in [1.29, 1.82) is 0 Å². The van der Waals surface area contributed by atoms with E-state index in [-0.39, 0.29) is 34.9 Å². The number of aryl methyl sites for hydroxylation is 1. The second-order valence-corrected chi connectivity index (χ2v) is 7.21. The molecule has 27 heavy (non-hydrogen) atoms. The Kier molecular flexibility index (Phi) is 4.78. The highest BCUT2D eigenvalue weighted by molar-refractivity contribution is 6.11. The minimum absolute atomic E-state index is 0.00419. The van der Waals surface area contributed by atoms with Crippen LogP contribution in [0.25, 0.3) is 11.0 Å². The number of rotatable bonds is 4. The number of aromatic hydroxyl groups is 2. The fourth-order valence-corrected chi connectivity index (χ4v) is 3.19. The van der Waals surface area contributed by atoms with Gasteiger partial charge in [0.15, 0.2) is 0 Å². The van der Waals surface area contributed by atoms with E-state index in [1.807, 2.05) is 51.6 Å². The lowest BCUT2D eigenvalue weighted by Crippen LogP contribution is -2.38. The Bertz CT molecular complexity index is 1010. The smallest absolute Gasteiger partial charge is 0.263 e. The van der Waals surface area contributed by atoms with Gasteiger partial charge in [-0.2, -0.15) is 0 Å². The van der Waals surface area contributed by atoms with Crippen LogP contribution in [-0.4, -0.2) is 36.7 Å². The fourth-order valence-electron chi connectivity index (χ4n) is 3.19. The van der Waals surface area contributed by atoms with Crippen molar-refractivity contribution in [3.05, 3.63) is 41.9 Å². The highest BCUT2D eigenvalue weighted by Crippen LogP contribution is 2.34. The van der Waals surface area contributed by atoms with Gasteiger partial charge in [0.25, 0.3) is 5.91 Å². The molecular weight excluding hydrogens is 344 g/mol. The molecule has 7 heteroatoms.